The summed E-state index contributed by atoms with van der Waals surface area (Å²) in [6.07, 6.45) is -0.505. The minimum Gasteiger partial charge on any atom is -0.496 e. The molecule has 0 aliphatic heterocycles. The molecule has 146 valence electrons. The van der Waals surface area contributed by atoms with Gasteiger partial charge in [-0.1, -0.05) is 18.2 Å². The standard InChI is InChI=1S/C19H24N2O5S/c1-13-11-15(21-14(2)22)9-10-19(13)27(23,24)20-12-18(26-4)16-7-5-6-8-17(16)25-3/h5-11,18,20H,12H2,1-4H3,(H,21,22)/t18-/m0/s1. The number of aryl methyl sites for hydroxylation is 1. The summed E-state index contributed by atoms with van der Waals surface area (Å²) in [5.74, 6) is 0.405. The number of nitrogens with one attached hydrogen (secondary N) is 2. The van der Waals surface area contributed by atoms with Gasteiger partial charge in [0.05, 0.1) is 18.1 Å². The minimum atomic E-state index is -3.75. The summed E-state index contributed by atoms with van der Waals surface area (Å²) < 4.78 is 38.8. The molecule has 1 atom stereocenters. The maximum Gasteiger partial charge on any atom is 0.240 e. The van der Waals surface area contributed by atoms with Crippen molar-refractivity contribution in [3.8, 4) is 5.75 Å². The number of carbonyl (C=O) groups excluding carboxylic acids is 1. The summed E-state index contributed by atoms with van der Waals surface area (Å²) in [4.78, 5) is 11.3. The average molecular weight is 392 g/mol. The molecule has 0 saturated carbocycles. The molecule has 0 unspecified atom stereocenters. The fourth-order valence-electron chi connectivity index (χ4n) is 2.75. The molecule has 27 heavy (non-hydrogen) atoms. The number of para-hydroxylation sites is 1. The van der Waals surface area contributed by atoms with Gasteiger partial charge in [-0.05, 0) is 36.8 Å². The highest BCUT2D eigenvalue weighted by atomic mass is 32.2. The average Bonchev–Trinajstić information content (AvgIpc) is 2.61. The number of sulfonamides is 1. The summed E-state index contributed by atoms with van der Waals surface area (Å²) >= 11 is 0. The van der Waals surface area contributed by atoms with Gasteiger partial charge in [0.25, 0.3) is 0 Å². The van der Waals surface area contributed by atoms with Gasteiger partial charge in [0, 0.05) is 31.8 Å². The van der Waals surface area contributed by atoms with Crippen LogP contribution >= 0.6 is 0 Å². The normalized spacial score (nSPS) is 12.4. The van der Waals surface area contributed by atoms with E-state index in [2.05, 4.69) is 10.0 Å². The molecule has 2 N–H and O–H groups in total. The number of hydrogen-bond acceptors (Lipinski definition) is 5. The SMILES string of the molecule is COc1ccccc1[C@H](CNS(=O)(=O)c1ccc(NC(C)=O)cc1C)OC. The third kappa shape index (κ3) is 5.29. The van der Waals surface area contributed by atoms with Crippen LogP contribution in [-0.4, -0.2) is 35.1 Å². The Bertz CT molecular complexity index is 912. The minimum absolute atomic E-state index is 0.0477. The highest BCUT2D eigenvalue weighted by molar-refractivity contribution is 7.89. The van der Waals surface area contributed by atoms with Crippen molar-refractivity contribution < 1.29 is 22.7 Å². The second kappa shape index (κ2) is 8.98. The summed E-state index contributed by atoms with van der Waals surface area (Å²) in [7, 11) is -0.688. The molecule has 2 aromatic rings. The van der Waals surface area contributed by atoms with Gasteiger partial charge in [0.15, 0.2) is 0 Å². The lowest BCUT2D eigenvalue weighted by atomic mass is 10.1. The zero-order valence-electron chi connectivity index (χ0n) is 15.8. The van der Waals surface area contributed by atoms with E-state index in [0.717, 1.165) is 5.56 Å². The molecule has 0 bridgehead atoms. The fraction of sp³-hybridized carbons (Fsp3) is 0.316. The van der Waals surface area contributed by atoms with Gasteiger partial charge in [0.2, 0.25) is 15.9 Å². The third-order valence-electron chi connectivity index (χ3n) is 4.01. The number of carbonyl (C=O) groups is 1. The number of anilines is 1. The van der Waals surface area contributed by atoms with Crippen molar-refractivity contribution in [2.45, 2.75) is 24.8 Å². The maximum absolute atomic E-state index is 12.7. The van der Waals surface area contributed by atoms with Crippen LogP contribution in [0.4, 0.5) is 5.69 Å². The Morgan fingerprint density at radius 3 is 2.44 bits per heavy atom. The Morgan fingerprint density at radius 1 is 1.15 bits per heavy atom. The molecule has 8 heteroatoms. The molecule has 2 rings (SSSR count). The van der Waals surface area contributed by atoms with Crippen molar-refractivity contribution in [1.29, 1.82) is 0 Å². The summed E-state index contributed by atoms with van der Waals surface area (Å²) in [6, 6.07) is 11.9. The maximum atomic E-state index is 12.7. The molecule has 1 amide bonds. The van der Waals surface area contributed by atoms with E-state index in [9.17, 15) is 13.2 Å². The zero-order chi connectivity index (χ0) is 20.0. The van der Waals surface area contributed by atoms with E-state index >= 15 is 0 Å². The lowest BCUT2D eigenvalue weighted by Crippen LogP contribution is -2.30. The van der Waals surface area contributed by atoms with Crippen molar-refractivity contribution in [1.82, 2.24) is 4.72 Å². The molecule has 0 fully saturated rings. The molecule has 0 aromatic heterocycles. The van der Waals surface area contributed by atoms with Gasteiger partial charge in [-0.25, -0.2) is 13.1 Å². The zero-order valence-corrected chi connectivity index (χ0v) is 16.6. The van der Waals surface area contributed by atoms with Crippen molar-refractivity contribution >= 4 is 21.6 Å². The lowest BCUT2D eigenvalue weighted by Gasteiger charge is -2.19. The predicted molar refractivity (Wildman–Crippen MR) is 103 cm³/mol. The van der Waals surface area contributed by atoms with Gasteiger partial charge in [-0.3, -0.25) is 4.79 Å². The van der Waals surface area contributed by atoms with Crippen LogP contribution in [0.2, 0.25) is 0 Å². The quantitative estimate of drug-likeness (QED) is 0.720. The van der Waals surface area contributed by atoms with Crippen LogP contribution in [0.15, 0.2) is 47.4 Å². The molecule has 2 aromatic carbocycles. The number of benzene rings is 2. The Kier molecular flexibility index (Phi) is 6.95. The van der Waals surface area contributed by atoms with Gasteiger partial charge in [-0.15, -0.1) is 0 Å². The Labute approximate surface area is 159 Å². The first kappa shape index (κ1) is 20.9. The number of amides is 1. The molecule has 0 saturated heterocycles. The van der Waals surface area contributed by atoms with E-state index < -0.39 is 16.1 Å². The van der Waals surface area contributed by atoms with Crippen molar-refractivity contribution in [3.63, 3.8) is 0 Å². The van der Waals surface area contributed by atoms with Gasteiger partial charge < -0.3 is 14.8 Å². The highest BCUT2D eigenvalue weighted by Crippen LogP contribution is 2.27. The number of rotatable bonds is 8. The first-order valence-electron chi connectivity index (χ1n) is 8.32. The summed E-state index contributed by atoms with van der Waals surface area (Å²) in [6.45, 7) is 3.12. The Balaban J connectivity index is 2.19. The molecular weight excluding hydrogens is 368 g/mol. The van der Waals surface area contributed by atoms with Crippen LogP contribution in [0.3, 0.4) is 0 Å². The van der Waals surface area contributed by atoms with Crippen LogP contribution in [-0.2, 0) is 19.6 Å². The van der Waals surface area contributed by atoms with E-state index in [1.165, 1.54) is 20.1 Å². The monoisotopic (exact) mass is 392 g/mol. The molecule has 0 heterocycles. The summed E-state index contributed by atoms with van der Waals surface area (Å²) in [5.41, 5.74) is 1.82. The van der Waals surface area contributed by atoms with Crippen LogP contribution in [0.25, 0.3) is 0 Å². The predicted octanol–water partition coefficient (Wildman–Crippen LogP) is 2.63. The molecular formula is C19H24N2O5S. The van der Waals surface area contributed by atoms with Crippen molar-refractivity contribution in [3.05, 3.63) is 53.6 Å². The lowest BCUT2D eigenvalue weighted by molar-refractivity contribution is -0.114. The smallest absolute Gasteiger partial charge is 0.240 e. The fourth-order valence-corrected chi connectivity index (χ4v) is 4.00. The van der Waals surface area contributed by atoms with E-state index in [1.807, 2.05) is 18.2 Å². The molecule has 0 aliphatic carbocycles. The van der Waals surface area contributed by atoms with Gasteiger partial charge in [0.1, 0.15) is 5.75 Å². The second-order valence-corrected chi connectivity index (χ2v) is 7.72. The highest BCUT2D eigenvalue weighted by Gasteiger charge is 2.21. The Hall–Kier alpha value is -2.42. The number of methoxy groups -OCH3 is 2. The van der Waals surface area contributed by atoms with Gasteiger partial charge in [-0.2, -0.15) is 0 Å². The second-order valence-electron chi connectivity index (χ2n) is 5.98. The van der Waals surface area contributed by atoms with Crippen LogP contribution in [0.1, 0.15) is 24.2 Å². The van der Waals surface area contributed by atoms with E-state index in [0.29, 0.717) is 17.0 Å². The van der Waals surface area contributed by atoms with Crippen molar-refractivity contribution in [2.75, 3.05) is 26.1 Å². The van der Waals surface area contributed by atoms with E-state index in [4.69, 9.17) is 9.47 Å². The molecule has 0 radical (unpaired) electrons. The summed E-state index contributed by atoms with van der Waals surface area (Å²) in [5, 5.41) is 2.63. The number of hydrogen-bond donors (Lipinski definition) is 2. The van der Waals surface area contributed by atoms with E-state index in [1.54, 1.807) is 32.2 Å². The molecule has 0 spiro atoms. The molecule has 7 nitrogen and oxygen atoms in total. The van der Waals surface area contributed by atoms with E-state index in [-0.39, 0.29) is 17.3 Å². The van der Waals surface area contributed by atoms with Crippen LogP contribution in [0, 0.1) is 6.92 Å². The van der Waals surface area contributed by atoms with Gasteiger partial charge >= 0.3 is 0 Å². The largest absolute Gasteiger partial charge is 0.496 e. The first-order chi connectivity index (χ1) is 12.8. The topological polar surface area (TPSA) is 93.7 Å². The number of ether oxygens (including phenoxy) is 2. The third-order valence-corrected chi connectivity index (χ3v) is 5.60. The van der Waals surface area contributed by atoms with Crippen molar-refractivity contribution in [2.24, 2.45) is 0 Å². The first-order valence-corrected chi connectivity index (χ1v) is 9.80. The van der Waals surface area contributed by atoms with Crippen LogP contribution < -0.4 is 14.8 Å². The van der Waals surface area contributed by atoms with Crippen LogP contribution in [0.5, 0.6) is 5.75 Å². The Morgan fingerprint density at radius 2 is 1.85 bits per heavy atom. The molecule has 0 aliphatic rings.